The van der Waals surface area contributed by atoms with Gasteiger partial charge in [-0.3, -0.25) is 0 Å². The Labute approximate surface area is 122 Å². The van der Waals surface area contributed by atoms with Crippen molar-refractivity contribution in [3.63, 3.8) is 0 Å². The van der Waals surface area contributed by atoms with Crippen LogP contribution >= 0.6 is 23.2 Å². The number of benzene rings is 2. The summed E-state index contributed by atoms with van der Waals surface area (Å²) in [6, 6.07) is 15.0. The van der Waals surface area contributed by atoms with Crippen LogP contribution in [0.1, 0.15) is 11.1 Å². The first kappa shape index (κ1) is 12.6. The highest BCUT2D eigenvalue weighted by atomic mass is 35.5. The highest BCUT2D eigenvalue weighted by molar-refractivity contribution is 6.36. The van der Waals surface area contributed by atoms with Gasteiger partial charge in [0.05, 0.1) is 6.54 Å². The van der Waals surface area contributed by atoms with Gasteiger partial charge in [0, 0.05) is 16.3 Å². The van der Waals surface area contributed by atoms with E-state index in [0.717, 1.165) is 12.1 Å². The molecule has 19 heavy (non-hydrogen) atoms. The van der Waals surface area contributed by atoms with Crippen molar-refractivity contribution in [3.8, 4) is 11.1 Å². The number of anilines is 1. The summed E-state index contributed by atoms with van der Waals surface area (Å²) < 4.78 is 0. The van der Waals surface area contributed by atoms with Crippen LogP contribution in [0.2, 0.25) is 0 Å². The second-order valence-corrected chi connectivity index (χ2v) is 5.32. The van der Waals surface area contributed by atoms with E-state index in [4.69, 9.17) is 23.2 Å². The number of hydrogen-bond donors (Lipinski definition) is 1. The van der Waals surface area contributed by atoms with Crippen LogP contribution in [0.15, 0.2) is 53.0 Å². The Morgan fingerprint density at radius 1 is 1.11 bits per heavy atom. The van der Waals surface area contributed by atoms with Gasteiger partial charge in [0.1, 0.15) is 0 Å². The van der Waals surface area contributed by atoms with Gasteiger partial charge in [-0.15, -0.1) is 0 Å². The minimum atomic E-state index is 0.552. The van der Waals surface area contributed by atoms with E-state index in [0.29, 0.717) is 11.6 Å². The van der Waals surface area contributed by atoms with E-state index in [1.807, 2.05) is 0 Å². The second kappa shape index (κ2) is 5.28. The van der Waals surface area contributed by atoms with Crippen molar-refractivity contribution in [1.29, 1.82) is 0 Å². The number of hydrogen-bond acceptors (Lipinski definition) is 1. The van der Waals surface area contributed by atoms with E-state index in [2.05, 4.69) is 47.8 Å². The van der Waals surface area contributed by atoms with Crippen molar-refractivity contribution in [2.24, 2.45) is 0 Å². The molecule has 0 aromatic heterocycles. The molecule has 1 N–H and O–H groups in total. The molecule has 0 saturated heterocycles. The van der Waals surface area contributed by atoms with Gasteiger partial charge in [-0.1, -0.05) is 53.5 Å². The monoisotopic (exact) mass is 289 g/mol. The fraction of sp³-hybridized carbons (Fsp3) is 0.125. The molecular weight excluding hydrogens is 277 g/mol. The van der Waals surface area contributed by atoms with E-state index in [-0.39, 0.29) is 0 Å². The fourth-order valence-corrected chi connectivity index (χ4v) is 2.62. The number of nitrogens with one attached hydrogen (secondary N) is 1. The molecule has 1 nitrogen and oxygen atoms in total. The summed E-state index contributed by atoms with van der Waals surface area (Å²) in [5, 5.41) is 3.87. The van der Waals surface area contributed by atoms with Crippen LogP contribution in [0.5, 0.6) is 0 Å². The predicted octanol–water partition coefficient (Wildman–Crippen LogP) is 4.99. The molecule has 0 radical (unpaired) electrons. The second-order valence-electron chi connectivity index (χ2n) is 4.62. The van der Waals surface area contributed by atoms with Crippen LogP contribution in [0.4, 0.5) is 5.69 Å². The first-order valence-electron chi connectivity index (χ1n) is 6.18. The number of fused-ring (bicyclic) bond motifs is 3. The average Bonchev–Trinajstić information content (AvgIpc) is 2.82. The first-order valence-corrected chi connectivity index (χ1v) is 6.99. The third-order valence-electron chi connectivity index (χ3n) is 3.37. The van der Waals surface area contributed by atoms with Crippen LogP contribution in [0, 0.1) is 0 Å². The van der Waals surface area contributed by atoms with Crippen LogP contribution in [-0.2, 0) is 6.42 Å². The van der Waals surface area contributed by atoms with Crippen LogP contribution in [-0.4, -0.2) is 6.54 Å². The largest absolute Gasteiger partial charge is 0.380 e. The van der Waals surface area contributed by atoms with Crippen molar-refractivity contribution in [2.75, 3.05) is 11.9 Å². The van der Waals surface area contributed by atoms with E-state index in [1.165, 1.54) is 27.8 Å². The maximum atomic E-state index is 5.87. The molecule has 2 aromatic rings. The Morgan fingerprint density at radius 3 is 2.74 bits per heavy atom. The summed E-state index contributed by atoms with van der Waals surface area (Å²) in [7, 11) is 0. The molecule has 3 rings (SSSR count). The average molecular weight is 290 g/mol. The lowest BCUT2D eigenvalue weighted by atomic mass is 10.1. The van der Waals surface area contributed by atoms with Gasteiger partial charge in [0.2, 0.25) is 0 Å². The van der Waals surface area contributed by atoms with Crippen molar-refractivity contribution < 1.29 is 0 Å². The molecule has 0 spiro atoms. The normalized spacial score (nSPS) is 13.1. The Kier molecular flexibility index (Phi) is 3.50. The van der Waals surface area contributed by atoms with Crippen molar-refractivity contribution in [3.05, 3.63) is 64.2 Å². The maximum absolute atomic E-state index is 5.87. The fourth-order valence-electron chi connectivity index (χ4n) is 2.48. The summed E-state index contributed by atoms with van der Waals surface area (Å²) in [5.74, 6) is 0. The van der Waals surface area contributed by atoms with Crippen LogP contribution in [0.3, 0.4) is 0 Å². The molecule has 0 bridgehead atoms. The van der Waals surface area contributed by atoms with E-state index >= 15 is 0 Å². The van der Waals surface area contributed by atoms with Crippen LogP contribution < -0.4 is 5.32 Å². The summed E-state index contributed by atoms with van der Waals surface area (Å²) in [5.41, 5.74) is 7.90. The molecule has 0 atom stereocenters. The molecule has 0 saturated carbocycles. The molecule has 0 fully saturated rings. The summed E-state index contributed by atoms with van der Waals surface area (Å²) in [6.45, 7) is 0.552. The Morgan fingerprint density at radius 2 is 1.89 bits per heavy atom. The first-order chi connectivity index (χ1) is 9.28. The van der Waals surface area contributed by atoms with Gasteiger partial charge in [0.15, 0.2) is 0 Å². The quantitative estimate of drug-likeness (QED) is 0.716. The third kappa shape index (κ3) is 2.49. The van der Waals surface area contributed by atoms with Gasteiger partial charge >= 0.3 is 0 Å². The molecule has 0 aliphatic heterocycles. The molecule has 0 heterocycles. The zero-order valence-electron chi connectivity index (χ0n) is 10.3. The molecule has 1 aliphatic carbocycles. The van der Waals surface area contributed by atoms with Gasteiger partial charge < -0.3 is 5.32 Å². The smallest absolute Gasteiger partial charge is 0.0516 e. The molecule has 2 aromatic carbocycles. The van der Waals surface area contributed by atoms with E-state index < -0.39 is 0 Å². The Balaban J connectivity index is 1.85. The SMILES string of the molecule is ClC=C(Cl)CNc1ccc2c(c1)Cc1ccccc1-2. The zero-order chi connectivity index (χ0) is 13.2. The van der Waals surface area contributed by atoms with E-state index in [9.17, 15) is 0 Å². The third-order valence-corrected chi connectivity index (χ3v) is 3.99. The summed E-state index contributed by atoms with van der Waals surface area (Å²) in [6.07, 6.45) is 1.00. The molecule has 96 valence electrons. The van der Waals surface area contributed by atoms with Crippen LogP contribution in [0.25, 0.3) is 11.1 Å². The lowest BCUT2D eigenvalue weighted by Gasteiger charge is -2.07. The summed E-state index contributed by atoms with van der Waals surface area (Å²) in [4.78, 5) is 0. The molecule has 3 heteroatoms. The number of halogens is 2. The predicted molar refractivity (Wildman–Crippen MR) is 83.0 cm³/mol. The lowest BCUT2D eigenvalue weighted by Crippen LogP contribution is -2.01. The van der Waals surface area contributed by atoms with Gasteiger partial charge in [-0.05, 0) is 40.8 Å². The standard InChI is InChI=1S/C16H13Cl2N/c17-9-13(18)10-19-14-5-6-16-12(8-14)7-11-3-1-2-4-15(11)16/h1-6,8-9,19H,7,10H2. The van der Waals surface area contributed by atoms with Crippen molar-refractivity contribution >= 4 is 28.9 Å². The Hall–Kier alpha value is -1.44. The highest BCUT2D eigenvalue weighted by Crippen LogP contribution is 2.37. The Bertz CT molecular complexity index is 647. The van der Waals surface area contributed by atoms with Gasteiger partial charge in [-0.25, -0.2) is 0 Å². The van der Waals surface area contributed by atoms with E-state index in [1.54, 1.807) is 0 Å². The molecule has 1 aliphatic rings. The topological polar surface area (TPSA) is 12.0 Å². The van der Waals surface area contributed by atoms with Gasteiger partial charge in [0.25, 0.3) is 0 Å². The highest BCUT2D eigenvalue weighted by Gasteiger charge is 2.17. The van der Waals surface area contributed by atoms with Gasteiger partial charge in [-0.2, -0.15) is 0 Å². The summed E-state index contributed by atoms with van der Waals surface area (Å²) >= 11 is 11.4. The molecule has 0 amide bonds. The van der Waals surface area contributed by atoms with Crippen molar-refractivity contribution in [1.82, 2.24) is 0 Å². The maximum Gasteiger partial charge on any atom is 0.0516 e. The lowest BCUT2D eigenvalue weighted by molar-refractivity contribution is 1.25. The minimum Gasteiger partial charge on any atom is -0.380 e. The molecule has 0 unspecified atom stereocenters. The molecular formula is C16H13Cl2N. The van der Waals surface area contributed by atoms with Crippen molar-refractivity contribution in [2.45, 2.75) is 6.42 Å². The zero-order valence-corrected chi connectivity index (χ0v) is 11.8. The minimum absolute atomic E-state index is 0.552. The number of rotatable bonds is 3.